The number of benzene rings is 1. The van der Waals surface area contributed by atoms with Gasteiger partial charge in [0, 0.05) is 6.42 Å². The van der Waals surface area contributed by atoms with E-state index in [-0.39, 0.29) is 0 Å². The molecule has 17 heavy (non-hydrogen) atoms. The molecule has 1 atom stereocenters. The van der Waals surface area contributed by atoms with Crippen LogP contribution in [0.5, 0.6) is 5.75 Å². The van der Waals surface area contributed by atoms with Crippen LogP contribution in [0, 0.1) is 18.3 Å². The van der Waals surface area contributed by atoms with E-state index in [2.05, 4.69) is 32.0 Å². The molecule has 0 spiro atoms. The van der Waals surface area contributed by atoms with Gasteiger partial charge in [-0.3, -0.25) is 0 Å². The van der Waals surface area contributed by atoms with Gasteiger partial charge in [0.05, 0.1) is 18.7 Å². The Morgan fingerprint density at radius 2 is 2.12 bits per heavy atom. The van der Waals surface area contributed by atoms with E-state index in [1.807, 2.05) is 13.0 Å². The minimum absolute atomic E-state index is 0.441. The summed E-state index contributed by atoms with van der Waals surface area (Å²) >= 11 is 0. The molecule has 92 valence electrons. The lowest BCUT2D eigenvalue weighted by Gasteiger charge is -2.13. The molecule has 0 aliphatic heterocycles. The Morgan fingerprint density at radius 1 is 1.41 bits per heavy atom. The molecule has 0 aliphatic rings. The van der Waals surface area contributed by atoms with Crippen molar-refractivity contribution in [3.63, 3.8) is 0 Å². The second-order valence-electron chi connectivity index (χ2n) is 4.55. The van der Waals surface area contributed by atoms with Gasteiger partial charge in [-0.2, -0.15) is 5.26 Å². The topological polar surface area (TPSA) is 59.0 Å². The molecule has 0 saturated heterocycles. The molecular formula is C14H20N2O. The molecule has 1 aromatic rings. The van der Waals surface area contributed by atoms with Crippen LogP contribution in [-0.4, -0.2) is 12.6 Å². The quantitative estimate of drug-likeness (QED) is 0.849. The summed E-state index contributed by atoms with van der Waals surface area (Å²) in [5.41, 5.74) is 7.88. The van der Waals surface area contributed by atoms with Gasteiger partial charge in [-0.05, 0) is 30.0 Å². The van der Waals surface area contributed by atoms with Crippen molar-refractivity contribution in [3.8, 4) is 11.8 Å². The lowest BCUT2D eigenvalue weighted by atomic mass is 10.0. The Balaban J connectivity index is 2.64. The van der Waals surface area contributed by atoms with E-state index >= 15 is 0 Å². The van der Waals surface area contributed by atoms with Gasteiger partial charge in [-0.1, -0.05) is 26.0 Å². The molecule has 0 heterocycles. The second-order valence-corrected chi connectivity index (χ2v) is 4.55. The summed E-state index contributed by atoms with van der Waals surface area (Å²) in [6.07, 6.45) is 0.557. The first-order valence-electron chi connectivity index (χ1n) is 5.93. The Morgan fingerprint density at radius 3 is 2.71 bits per heavy atom. The number of ether oxygens (including phenoxy) is 1. The zero-order valence-corrected chi connectivity index (χ0v) is 10.7. The highest BCUT2D eigenvalue weighted by molar-refractivity contribution is 5.37. The predicted molar refractivity (Wildman–Crippen MR) is 69.0 cm³/mol. The number of nitrogens with two attached hydrogens (primary N) is 1. The standard InChI is InChI=1S/C14H20N2O/c1-10(2)12-5-4-11(3)14(8-12)17-7-6-13(16)9-15/h4-5,8,10,13H,6-7,16H2,1-3H3. The Labute approximate surface area is 103 Å². The third-order valence-electron chi connectivity index (χ3n) is 2.73. The van der Waals surface area contributed by atoms with Gasteiger partial charge in [0.1, 0.15) is 5.75 Å². The predicted octanol–water partition coefficient (Wildman–Crippen LogP) is 2.74. The molecule has 0 aromatic heterocycles. The molecular weight excluding hydrogens is 212 g/mol. The molecule has 0 amide bonds. The van der Waals surface area contributed by atoms with Crippen LogP contribution in [0.4, 0.5) is 0 Å². The average molecular weight is 232 g/mol. The van der Waals surface area contributed by atoms with E-state index in [0.29, 0.717) is 18.9 Å². The van der Waals surface area contributed by atoms with Crippen molar-refractivity contribution >= 4 is 0 Å². The lowest BCUT2D eigenvalue weighted by molar-refractivity contribution is 0.304. The molecule has 1 rings (SSSR count). The fraction of sp³-hybridized carbons (Fsp3) is 0.500. The second kappa shape index (κ2) is 6.27. The monoisotopic (exact) mass is 232 g/mol. The molecule has 3 heteroatoms. The smallest absolute Gasteiger partial charge is 0.122 e. The number of nitriles is 1. The van der Waals surface area contributed by atoms with E-state index in [0.717, 1.165) is 11.3 Å². The third kappa shape index (κ3) is 4.08. The summed E-state index contributed by atoms with van der Waals surface area (Å²) in [5.74, 6) is 1.38. The third-order valence-corrected chi connectivity index (χ3v) is 2.73. The summed E-state index contributed by atoms with van der Waals surface area (Å²) in [6, 6.07) is 7.80. The number of nitrogens with zero attached hydrogens (tertiary/aromatic N) is 1. The summed E-state index contributed by atoms with van der Waals surface area (Å²) in [6.45, 7) is 6.81. The van der Waals surface area contributed by atoms with Crippen molar-refractivity contribution < 1.29 is 4.74 Å². The van der Waals surface area contributed by atoms with E-state index in [1.54, 1.807) is 0 Å². The number of hydrogen-bond acceptors (Lipinski definition) is 3. The van der Waals surface area contributed by atoms with E-state index in [9.17, 15) is 0 Å². The number of hydrogen-bond donors (Lipinski definition) is 1. The van der Waals surface area contributed by atoms with Crippen LogP contribution < -0.4 is 10.5 Å². The first-order valence-corrected chi connectivity index (χ1v) is 5.93. The van der Waals surface area contributed by atoms with Crippen LogP contribution in [-0.2, 0) is 0 Å². The molecule has 0 radical (unpaired) electrons. The number of aryl methyl sites for hydroxylation is 1. The Bertz CT molecular complexity index is 407. The minimum atomic E-state index is -0.441. The molecule has 3 nitrogen and oxygen atoms in total. The molecule has 0 saturated carbocycles. The maximum Gasteiger partial charge on any atom is 0.122 e. The minimum Gasteiger partial charge on any atom is -0.493 e. The zero-order valence-electron chi connectivity index (χ0n) is 10.7. The summed E-state index contributed by atoms with van der Waals surface area (Å²) in [4.78, 5) is 0. The van der Waals surface area contributed by atoms with Gasteiger partial charge < -0.3 is 10.5 Å². The Hall–Kier alpha value is -1.53. The molecule has 0 fully saturated rings. The van der Waals surface area contributed by atoms with E-state index < -0.39 is 6.04 Å². The fourth-order valence-electron chi connectivity index (χ4n) is 1.49. The average Bonchev–Trinajstić information content (AvgIpc) is 2.30. The maximum atomic E-state index is 8.57. The number of rotatable bonds is 5. The van der Waals surface area contributed by atoms with E-state index in [1.165, 1.54) is 5.56 Å². The molecule has 1 aromatic carbocycles. The van der Waals surface area contributed by atoms with Gasteiger partial charge in [0.25, 0.3) is 0 Å². The van der Waals surface area contributed by atoms with Crippen LogP contribution in [0.2, 0.25) is 0 Å². The van der Waals surface area contributed by atoms with Gasteiger partial charge in [0.15, 0.2) is 0 Å². The zero-order chi connectivity index (χ0) is 12.8. The van der Waals surface area contributed by atoms with Crippen molar-refractivity contribution in [2.75, 3.05) is 6.61 Å². The SMILES string of the molecule is Cc1ccc(C(C)C)cc1OCCC(N)C#N. The summed E-state index contributed by atoms with van der Waals surface area (Å²) < 4.78 is 5.67. The first kappa shape index (κ1) is 13.5. The van der Waals surface area contributed by atoms with Crippen molar-refractivity contribution in [1.82, 2.24) is 0 Å². The highest BCUT2D eigenvalue weighted by atomic mass is 16.5. The van der Waals surface area contributed by atoms with Gasteiger partial charge in [-0.25, -0.2) is 0 Å². The fourth-order valence-corrected chi connectivity index (χ4v) is 1.49. The highest BCUT2D eigenvalue weighted by Crippen LogP contribution is 2.24. The van der Waals surface area contributed by atoms with Crippen molar-refractivity contribution in [1.29, 1.82) is 5.26 Å². The van der Waals surface area contributed by atoms with Gasteiger partial charge >= 0.3 is 0 Å². The maximum absolute atomic E-state index is 8.57. The van der Waals surface area contributed by atoms with Gasteiger partial charge in [-0.15, -0.1) is 0 Å². The largest absolute Gasteiger partial charge is 0.493 e. The summed E-state index contributed by atoms with van der Waals surface area (Å²) in [5, 5.41) is 8.57. The molecule has 0 aliphatic carbocycles. The van der Waals surface area contributed by atoms with Crippen LogP contribution in [0.15, 0.2) is 18.2 Å². The highest BCUT2D eigenvalue weighted by Gasteiger charge is 2.06. The first-order chi connectivity index (χ1) is 8.04. The normalized spacial score (nSPS) is 12.2. The Kier molecular flexibility index (Phi) is 4.99. The van der Waals surface area contributed by atoms with Crippen LogP contribution >= 0.6 is 0 Å². The van der Waals surface area contributed by atoms with E-state index in [4.69, 9.17) is 15.7 Å². The van der Waals surface area contributed by atoms with Crippen molar-refractivity contribution in [2.24, 2.45) is 5.73 Å². The van der Waals surface area contributed by atoms with Gasteiger partial charge in [0.2, 0.25) is 0 Å². The summed E-state index contributed by atoms with van der Waals surface area (Å²) in [7, 11) is 0. The molecule has 0 bridgehead atoms. The van der Waals surface area contributed by atoms with Crippen LogP contribution in [0.25, 0.3) is 0 Å². The molecule has 1 unspecified atom stereocenters. The molecule has 2 N–H and O–H groups in total. The lowest BCUT2D eigenvalue weighted by Crippen LogP contribution is -2.20. The van der Waals surface area contributed by atoms with Crippen LogP contribution in [0.3, 0.4) is 0 Å². The van der Waals surface area contributed by atoms with Crippen LogP contribution in [0.1, 0.15) is 37.3 Å². The van der Waals surface area contributed by atoms with Crippen molar-refractivity contribution in [2.45, 2.75) is 39.2 Å². The van der Waals surface area contributed by atoms with Crippen molar-refractivity contribution in [3.05, 3.63) is 29.3 Å².